The number of halogens is 3. The molecule has 0 nitrogen and oxygen atoms in total. The molecule has 0 heterocycles. The highest BCUT2D eigenvalue weighted by molar-refractivity contribution is 7.27. The van der Waals surface area contributed by atoms with Gasteiger partial charge in [-0.3, -0.25) is 0 Å². The van der Waals surface area contributed by atoms with Crippen molar-refractivity contribution >= 4 is 14.5 Å². The van der Waals surface area contributed by atoms with Crippen LogP contribution >= 0.6 is 9.24 Å². The van der Waals surface area contributed by atoms with Crippen molar-refractivity contribution in [1.82, 2.24) is 0 Å². The minimum absolute atomic E-state index is 0.208. The molecule has 0 saturated heterocycles. The van der Waals surface area contributed by atoms with Gasteiger partial charge in [0.1, 0.15) is 17.5 Å². The van der Waals surface area contributed by atoms with Crippen molar-refractivity contribution in [2.75, 3.05) is 0 Å². The highest BCUT2D eigenvalue weighted by atomic mass is 31.0. The smallest absolute Gasteiger partial charge is 0.126 e. The minimum atomic E-state index is -0.608. The van der Waals surface area contributed by atoms with Gasteiger partial charge in [0.15, 0.2) is 0 Å². The largest absolute Gasteiger partial charge is 0.207 e. The van der Waals surface area contributed by atoms with Crippen LogP contribution < -0.4 is 5.30 Å². The Kier molecular flexibility index (Phi) is 4.82. The second kappa shape index (κ2) is 6.41. The molecule has 106 valence electrons. The van der Waals surface area contributed by atoms with Crippen molar-refractivity contribution in [2.45, 2.75) is 25.7 Å². The Balaban J connectivity index is 2.49. The molecule has 0 amide bonds. The first-order chi connectivity index (χ1) is 9.49. The molecule has 2 aromatic rings. The summed E-state index contributed by atoms with van der Waals surface area (Å²) >= 11 is 0. The summed E-state index contributed by atoms with van der Waals surface area (Å²) in [6.45, 7) is 1.99. The van der Waals surface area contributed by atoms with E-state index in [-0.39, 0.29) is 11.7 Å². The molecule has 0 radical (unpaired) electrons. The SMILES string of the molecule is CCCC(c1cc(F)cc(F)c1)c1cc(F)cc(P)c1. The molecule has 0 aromatic heterocycles. The summed E-state index contributed by atoms with van der Waals surface area (Å²) in [5, 5.41) is 0.720. The van der Waals surface area contributed by atoms with E-state index in [2.05, 4.69) is 9.24 Å². The zero-order valence-corrected chi connectivity index (χ0v) is 12.3. The normalized spacial score (nSPS) is 12.4. The first-order valence-corrected chi connectivity index (χ1v) is 7.09. The molecule has 0 fully saturated rings. The van der Waals surface area contributed by atoms with Crippen LogP contribution in [0, 0.1) is 17.5 Å². The van der Waals surface area contributed by atoms with Crippen molar-refractivity contribution in [3.63, 3.8) is 0 Å². The third-order valence-corrected chi connectivity index (χ3v) is 3.54. The maximum atomic E-state index is 13.5. The monoisotopic (exact) mass is 296 g/mol. The first kappa shape index (κ1) is 15.1. The molecule has 20 heavy (non-hydrogen) atoms. The summed E-state index contributed by atoms with van der Waals surface area (Å²) in [5.41, 5.74) is 1.28. The molecule has 0 bridgehead atoms. The van der Waals surface area contributed by atoms with Gasteiger partial charge < -0.3 is 0 Å². The molecular formula is C16H16F3P. The molecule has 0 saturated carbocycles. The predicted octanol–water partition coefficient (Wildman–Crippen LogP) is 4.54. The van der Waals surface area contributed by atoms with Gasteiger partial charge in [-0.25, -0.2) is 13.2 Å². The second-order valence-electron chi connectivity index (χ2n) is 4.86. The molecule has 0 N–H and O–H groups in total. The topological polar surface area (TPSA) is 0 Å². The third kappa shape index (κ3) is 3.61. The average molecular weight is 296 g/mol. The van der Waals surface area contributed by atoms with Crippen molar-refractivity contribution in [3.8, 4) is 0 Å². The fraction of sp³-hybridized carbons (Fsp3) is 0.250. The Morgan fingerprint density at radius 2 is 1.35 bits per heavy atom. The van der Waals surface area contributed by atoms with E-state index in [1.807, 2.05) is 13.0 Å². The van der Waals surface area contributed by atoms with Crippen molar-refractivity contribution in [2.24, 2.45) is 0 Å². The van der Waals surface area contributed by atoms with Crippen molar-refractivity contribution in [3.05, 3.63) is 65.0 Å². The molecule has 0 aliphatic heterocycles. The summed E-state index contributed by atoms with van der Waals surface area (Å²) < 4.78 is 40.3. The van der Waals surface area contributed by atoms with Crippen LogP contribution in [0.25, 0.3) is 0 Å². The summed E-state index contributed by atoms with van der Waals surface area (Å²) in [5.74, 6) is -1.77. The van der Waals surface area contributed by atoms with Gasteiger partial charge in [0, 0.05) is 12.0 Å². The van der Waals surface area contributed by atoms with Gasteiger partial charge >= 0.3 is 0 Å². The second-order valence-corrected chi connectivity index (χ2v) is 5.53. The van der Waals surface area contributed by atoms with Gasteiger partial charge in [-0.1, -0.05) is 19.4 Å². The van der Waals surface area contributed by atoms with E-state index >= 15 is 0 Å². The standard InChI is InChI=1S/C16H16F3P/c1-2-3-16(10-4-12(17)8-13(18)5-10)11-6-14(19)9-15(20)7-11/h4-9,16H,2-3,20H2,1H3. The lowest BCUT2D eigenvalue weighted by molar-refractivity contribution is 0.572. The van der Waals surface area contributed by atoms with E-state index in [0.29, 0.717) is 12.0 Å². The van der Waals surface area contributed by atoms with Crippen LogP contribution in [-0.2, 0) is 0 Å². The van der Waals surface area contributed by atoms with E-state index < -0.39 is 11.6 Å². The quantitative estimate of drug-likeness (QED) is 0.727. The van der Waals surface area contributed by atoms with Gasteiger partial charge in [-0.15, -0.1) is 9.24 Å². The number of rotatable bonds is 4. The third-order valence-electron chi connectivity index (χ3n) is 3.21. The van der Waals surface area contributed by atoms with E-state index in [4.69, 9.17) is 0 Å². The van der Waals surface area contributed by atoms with Crippen LogP contribution in [-0.4, -0.2) is 0 Å². The number of benzene rings is 2. The molecular weight excluding hydrogens is 280 g/mol. The van der Waals surface area contributed by atoms with Gasteiger partial charge in [0.05, 0.1) is 0 Å². The van der Waals surface area contributed by atoms with Crippen LogP contribution in [0.1, 0.15) is 36.8 Å². The maximum Gasteiger partial charge on any atom is 0.126 e. The first-order valence-electron chi connectivity index (χ1n) is 6.51. The average Bonchev–Trinajstić information content (AvgIpc) is 2.33. The van der Waals surface area contributed by atoms with Gasteiger partial charge in [0.25, 0.3) is 0 Å². The van der Waals surface area contributed by atoms with Crippen LogP contribution in [0.3, 0.4) is 0 Å². The van der Waals surface area contributed by atoms with E-state index in [0.717, 1.165) is 23.4 Å². The Morgan fingerprint density at radius 1 is 0.850 bits per heavy atom. The maximum absolute atomic E-state index is 13.5. The van der Waals surface area contributed by atoms with Gasteiger partial charge in [-0.2, -0.15) is 0 Å². The van der Waals surface area contributed by atoms with Crippen LogP contribution in [0.15, 0.2) is 36.4 Å². The van der Waals surface area contributed by atoms with Gasteiger partial charge in [-0.05, 0) is 47.1 Å². The fourth-order valence-corrected chi connectivity index (χ4v) is 2.78. The number of hydrogen-bond acceptors (Lipinski definition) is 0. The summed E-state index contributed by atoms with van der Waals surface area (Å²) in [4.78, 5) is 0. The van der Waals surface area contributed by atoms with E-state index in [1.165, 1.54) is 24.3 Å². The molecule has 2 atom stereocenters. The number of hydrogen-bond donors (Lipinski definition) is 0. The summed E-state index contributed by atoms with van der Waals surface area (Å²) in [6, 6.07) is 8.14. The van der Waals surface area contributed by atoms with Gasteiger partial charge in [0.2, 0.25) is 0 Å². The minimum Gasteiger partial charge on any atom is -0.207 e. The Morgan fingerprint density at radius 3 is 1.85 bits per heavy atom. The zero-order chi connectivity index (χ0) is 14.7. The zero-order valence-electron chi connectivity index (χ0n) is 11.2. The Hall–Kier alpha value is -1.34. The highest BCUT2D eigenvalue weighted by Crippen LogP contribution is 2.30. The molecule has 2 aromatic carbocycles. The lowest BCUT2D eigenvalue weighted by atomic mass is 9.87. The molecule has 0 aliphatic rings. The highest BCUT2D eigenvalue weighted by Gasteiger charge is 2.16. The molecule has 2 unspecified atom stereocenters. The van der Waals surface area contributed by atoms with Crippen LogP contribution in [0.5, 0.6) is 0 Å². The van der Waals surface area contributed by atoms with E-state index in [9.17, 15) is 13.2 Å². The molecule has 2 rings (SSSR count). The Bertz CT molecular complexity index is 519. The fourth-order valence-electron chi connectivity index (χ4n) is 2.43. The molecule has 4 heteroatoms. The summed E-state index contributed by atoms with van der Waals surface area (Å²) in [7, 11) is 2.45. The lowest BCUT2D eigenvalue weighted by Crippen LogP contribution is -2.06. The summed E-state index contributed by atoms with van der Waals surface area (Å²) in [6.07, 6.45) is 1.54. The Labute approximate surface area is 119 Å². The molecule has 0 aliphatic carbocycles. The van der Waals surface area contributed by atoms with Crippen LogP contribution in [0.2, 0.25) is 0 Å². The molecule has 0 spiro atoms. The van der Waals surface area contributed by atoms with E-state index in [1.54, 1.807) is 0 Å². The lowest BCUT2D eigenvalue weighted by Gasteiger charge is -2.18. The van der Waals surface area contributed by atoms with Crippen molar-refractivity contribution in [1.29, 1.82) is 0 Å². The van der Waals surface area contributed by atoms with Crippen LogP contribution in [0.4, 0.5) is 13.2 Å². The van der Waals surface area contributed by atoms with Crippen molar-refractivity contribution < 1.29 is 13.2 Å². The predicted molar refractivity (Wildman–Crippen MR) is 78.9 cm³/mol.